The van der Waals surface area contributed by atoms with Crippen LogP contribution in [0.2, 0.25) is 0 Å². The number of ether oxygens (including phenoxy) is 1. The molecule has 1 aliphatic heterocycles. The van der Waals surface area contributed by atoms with E-state index in [1.165, 1.54) is 23.1 Å². The second-order valence-electron chi connectivity index (χ2n) is 13.6. The lowest BCUT2D eigenvalue weighted by Gasteiger charge is -2.29. The highest BCUT2D eigenvalue weighted by atomic mass is 32.2. The van der Waals surface area contributed by atoms with Crippen molar-refractivity contribution in [2.45, 2.75) is 62.8 Å². The van der Waals surface area contributed by atoms with Crippen LogP contribution in [0.5, 0.6) is 0 Å². The smallest absolute Gasteiger partial charge is 0.410 e. The van der Waals surface area contributed by atoms with Gasteiger partial charge in [-0.25, -0.2) is 4.79 Å². The fraction of sp³-hybridized carbons (Fsp3) is 0.244. The molecule has 276 valence electrons. The fourth-order valence-corrected chi connectivity index (χ4v) is 8.16. The number of hydrogen-bond donors (Lipinski definition) is 4. The third-order valence-electron chi connectivity index (χ3n) is 8.54. The topological polar surface area (TPSA) is 156 Å². The lowest BCUT2D eigenvalue weighted by Crippen LogP contribution is -2.39. The molecule has 5 aromatic rings. The monoisotopic (exact) mass is 760 g/mol. The summed E-state index contributed by atoms with van der Waals surface area (Å²) in [5, 5.41) is 19.6. The van der Waals surface area contributed by atoms with E-state index in [0.717, 1.165) is 31.8 Å². The van der Waals surface area contributed by atoms with Crippen molar-refractivity contribution in [3.8, 4) is 6.07 Å². The highest BCUT2D eigenvalue weighted by Crippen LogP contribution is 2.38. The van der Waals surface area contributed by atoms with Crippen LogP contribution in [-0.2, 0) is 27.3 Å². The van der Waals surface area contributed by atoms with Gasteiger partial charge >= 0.3 is 6.09 Å². The van der Waals surface area contributed by atoms with Crippen LogP contribution in [0.4, 0.5) is 15.5 Å². The van der Waals surface area contributed by atoms with E-state index in [4.69, 9.17) is 4.74 Å². The Morgan fingerprint density at radius 1 is 1.04 bits per heavy atom. The number of anilines is 2. The van der Waals surface area contributed by atoms with E-state index in [-0.39, 0.29) is 11.6 Å². The minimum Gasteiger partial charge on any atom is -0.444 e. The van der Waals surface area contributed by atoms with Gasteiger partial charge in [-0.1, -0.05) is 49.4 Å². The third kappa shape index (κ3) is 9.02. The van der Waals surface area contributed by atoms with Crippen LogP contribution in [0.15, 0.2) is 95.7 Å². The zero-order chi connectivity index (χ0) is 38.4. The maximum absolute atomic E-state index is 13.8. The van der Waals surface area contributed by atoms with Gasteiger partial charge in [-0.3, -0.25) is 14.4 Å². The minimum absolute atomic E-state index is 0.0543. The number of benzene rings is 3. The first-order valence-corrected chi connectivity index (χ1v) is 19.2. The summed E-state index contributed by atoms with van der Waals surface area (Å²) in [5.74, 6) is -1.21. The Labute approximate surface area is 321 Å². The van der Waals surface area contributed by atoms with Crippen LogP contribution in [-0.4, -0.2) is 51.1 Å². The fourth-order valence-electron chi connectivity index (χ4n) is 5.93. The number of fused-ring (bicyclic) bond motifs is 2. The molecule has 6 rings (SSSR count). The summed E-state index contributed by atoms with van der Waals surface area (Å²) in [7, 11) is 0. The van der Waals surface area contributed by atoms with Gasteiger partial charge in [-0.15, -0.1) is 23.1 Å². The molecule has 0 saturated carbocycles. The Morgan fingerprint density at radius 2 is 1.80 bits per heavy atom. The van der Waals surface area contributed by atoms with Crippen LogP contribution >= 0.6 is 23.1 Å². The summed E-state index contributed by atoms with van der Waals surface area (Å²) < 4.78 is 5.54. The van der Waals surface area contributed by atoms with Gasteiger partial charge in [-0.05, 0) is 81.7 Å². The van der Waals surface area contributed by atoms with Crippen molar-refractivity contribution in [2.24, 2.45) is 0 Å². The zero-order valence-electron chi connectivity index (χ0n) is 30.3. The number of H-pyrrole nitrogens is 1. The van der Waals surface area contributed by atoms with E-state index >= 15 is 0 Å². The van der Waals surface area contributed by atoms with E-state index in [0.29, 0.717) is 47.7 Å². The molecule has 11 nitrogen and oxygen atoms in total. The molecule has 0 fully saturated rings. The Balaban J connectivity index is 1.16. The second-order valence-corrected chi connectivity index (χ2v) is 16.0. The summed E-state index contributed by atoms with van der Waals surface area (Å²) >= 11 is 2.64. The third-order valence-corrected chi connectivity index (χ3v) is 11.0. The van der Waals surface area contributed by atoms with Gasteiger partial charge in [-0.2, -0.15) is 5.26 Å². The second kappa shape index (κ2) is 16.4. The average Bonchev–Trinajstić information content (AvgIpc) is 3.73. The lowest BCUT2D eigenvalue weighted by molar-refractivity contribution is -0.116. The molecule has 0 bridgehead atoms. The largest absolute Gasteiger partial charge is 0.444 e. The summed E-state index contributed by atoms with van der Waals surface area (Å²) in [6.45, 7) is 8.08. The molecular weight excluding hydrogens is 721 g/mol. The standard InChI is InChI=1S/C41H40N6O5S2/c1-5-34(38(50)46-39-31(22-42)30-18-19-47(24-35(30)54-39)40(51)52-41(2,3)4)53-28-15-11-14-27(21-28)44-37(49)33(45-36(48)25-12-7-6-8-13-25)20-26-23-43-32-17-10-9-16-29(26)32/h6-17,20-21,23,34,43H,5,18-19,24H2,1-4H3,(H,44,49)(H,45,48)(H,46,50)/b33-20-. The number of aromatic amines is 1. The Hall–Kier alpha value is -5.84. The normalized spacial score (nSPS) is 13.4. The minimum atomic E-state index is -0.625. The van der Waals surface area contributed by atoms with Gasteiger partial charge in [0.15, 0.2) is 0 Å². The van der Waals surface area contributed by atoms with Crippen molar-refractivity contribution in [1.82, 2.24) is 15.2 Å². The van der Waals surface area contributed by atoms with Crippen LogP contribution in [0, 0.1) is 11.3 Å². The number of rotatable bonds is 10. The number of para-hydroxylation sites is 1. The summed E-state index contributed by atoms with van der Waals surface area (Å²) in [6.07, 6.45) is 3.99. The van der Waals surface area contributed by atoms with Crippen molar-refractivity contribution in [2.75, 3.05) is 17.2 Å². The predicted molar refractivity (Wildman–Crippen MR) is 213 cm³/mol. The highest BCUT2D eigenvalue weighted by Gasteiger charge is 2.31. The predicted octanol–water partition coefficient (Wildman–Crippen LogP) is 8.31. The van der Waals surface area contributed by atoms with Crippen LogP contribution in [0.3, 0.4) is 0 Å². The van der Waals surface area contributed by atoms with E-state index in [2.05, 4.69) is 27.0 Å². The number of hydrogen-bond acceptors (Lipinski definition) is 8. The number of carbonyl (C=O) groups is 4. The van der Waals surface area contributed by atoms with Crippen molar-refractivity contribution in [1.29, 1.82) is 5.26 Å². The van der Waals surface area contributed by atoms with E-state index in [1.54, 1.807) is 59.6 Å². The van der Waals surface area contributed by atoms with Gasteiger partial charge in [0, 0.05) is 50.2 Å². The summed E-state index contributed by atoms with van der Waals surface area (Å²) in [4.78, 5) is 59.7. The van der Waals surface area contributed by atoms with E-state index < -0.39 is 28.8 Å². The van der Waals surface area contributed by atoms with Crippen LogP contribution < -0.4 is 16.0 Å². The van der Waals surface area contributed by atoms with E-state index in [9.17, 15) is 24.4 Å². The maximum Gasteiger partial charge on any atom is 0.410 e. The highest BCUT2D eigenvalue weighted by molar-refractivity contribution is 8.00. The molecular formula is C41H40N6O5S2. The first kappa shape index (κ1) is 37.9. The van der Waals surface area contributed by atoms with Gasteiger partial charge in [0.05, 0.1) is 17.4 Å². The van der Waals surface area contributed by atoms with Crippen molar-refractivity contribution >= 4 is 74.6 Å². The molecule has 3 aromatic carbocycles. The van der Waals surface area contributed by atoms with Gasteiger partial charge < -0.3 is 30.6 Å². The first-order chi connectivity index (χ1) is 25.9. The Morgan fingerprint density at radius 3 is 2.54 bits per heavy atom. The molecule has 3 heterocycles. The van der Waals surface area contributed by atoms with E-state index in [1.807, 2.05) is 64.1 Å². The average molecular weight is 761 g/mol. The quantitative estimate of drug-likeness (QED) is 0.0824. The number of thioether (sulfide) groups is 1. The maximum atomic E-state index is 13.8. The number of nitrogens with zero attached hydrogens (tertiary/aromatic N) is 2. The molecule has 0 spiro atoms. The molecule has 0 aliphatic carbocycles. The van der Waals surface area contributed by atoms with Gasteiger partial charge in [0.25, 0.3) is 11.8 Å². The lowest BCUT2D eigenvalue weighted by atomic mass is 10.0. The zero-order valence-corrected chi connectivity index (χ0v) is 32.0. The number of amides is 4. The summed E-state index contributed by atoms with van der Waals surface area (Å²) in [6, 6.07) is 25.7. The van der Waals surface area contributed by atoms with Crippen LogP contribution in [0.25, 0.3) is 17.0 Å². The number of carbonyl (C=O) groups excluding carboxylic acids is 4. The molecule has 13 heteroatoms. The Bertz CT molecular complexity index is 2280. The molecule has 1 aliphatic rings. The molecule has 54 heavy (non-hydrogen) atoms. The van der Waals surface area contributed by atoms with Crippen LogP contribution in [0.1, 0.15) is 66.0 Å². The SMILES string of the molecule is CCC(Sc1cccc(NC(=O)/C(=C/c2c[nH]c3ccccc23)NC(=O)c2ccccc2)c1)C(=O)Nc1sc2c(c1C#N)CCN(C(=O)OC(C)(C)C)C2. The number of nitrogens with one attached hydrogen (secondary N) is 4. The van der Waals surface area contributed by atoms with Gasteiger partial charge in [0.2, 0.25) is 5.91 Å². The molecule has 1 unspecified atom stereocenters. The number of thiophene rings is 1. The van der Waals surface area contributed by atoms with Crippen molar-refractivity contribution < 1.29 is 23.9 Å². The number of nitriles is 1. The first-order valence-electron chi connectivity index (χ1n) is 17.5. The van der Waals surface area contributed by atoms with Crippen molar-refractivity contribution in [3.05, 3.63) is 118 Å². The summed E-state index contributed by atoms with van der Waals surface area (Å²) in [5.41, 5.74) is 3.21. The molecule has 4 amide bonds. The molecule has 0 radical (unpaired) electrons. The van der Waals surface area contributed by atoms with Gasteiger partial charge in [0.1, 0.15) is 22.4 Å². The molecule has 2 aromatic heterocycles. The van der Waals surface area contributed by atoms with Crippen molar-refractivity contribution in [3.63, 3.8) is 0 Å². The Kier molecular flexibility index (Phi) is 11.5. The molecule has 4 N–H and O–H groups in total. The molecule has 0 saturated heterocycles. The number of aromatic nitrogens is 1. The molecule has 1 atom stereocenters.